The number of hydrogen-bond acceptors (Lipinski definition) is 4. The molecule has 104 valence electrons. The first-order valence-corrected chi connectivity index (χ1v) is 7.01. The number of fused-ring (bicyclic) bond motifs is 1. The number of hydrogen-bond donors (Lipinski definition) is 0. The van der Waals surface area contributed by atoms with E-state index in [-0.39, 0.29) is 12.2 Å². The number of pyridine rings is 1. The average molecular weight is 284 g/mol. The van der Waals surface area contributed by atoms with E-state index in [1.54, 1.807) is 6.07 Å². The Labute approximate surface area is 118 Å². The molecule has 0 N–H and O–H groups in total. The summed E-state index contributed by atoms with van der Waals surface area (Å²) in [5.74, 6) is 0.592. The molecule has 1 aromatic rings. The minimum atomic E-state index is -0.435. The van der Waals surface area contributed by atoms with E-state index < -0.39 is 5.79 Å². The van der Waals surface area contributed by atoms with Crippen molar-refractivity contribution < 1.29 is 14.2 Å². The van der Waals surface area contributed by atoms with Crippen LogP contribution in [0.2, 0.25) is 5.15 Å². The summed E-state index contributed by atoms with van der Waals surface area (Å²) in [6.07, 6.45) is 2.37. The Hall–Kier alpha value is -0.840. The molecule has 0 amide bonds. The molecule has 2 heterocycles. The molecule has 1 aliphatic carbocycles. The predicted molar refractivity (Wildman–Crippen MR) is 71.3 cm³/mol. The molecule has 3 rings (SSSR count). The van der Waals surface area contributed by atoms with Gasteiger partial charge in [-0.3, -0.25) is 0 Å². The standard InChI is InChI=1S/C14H18ClNO3/c1-14(2)18-10-6-9(7-11(10)19-14)8-17-13-5-3-4-12(15)16-13/h3-5,9-11H,6-8H2,1-2H3/t9-,10+,11-. The van der Waals surface area contributed by atoms with Crippen molar-refractivity contribution in [2.45, 2.75) is 44.7 Å². The Balaban J connectivity index is 1.51. The smallest absolute Gasteiger partial charge is 0.214 e. The van der Waals surface area contributed by atoms with Crippen LogP contribution < -0.4 is 4.74 Å². The minimum Gasteiger partial charge on any atom is -0.477 e. The van der Waals surface area contributed by atoms with E-state index in [2.05, 4.69) is 4.98 Å². The van der Waals surface area contributed by atoms with Gasteiger partial charge in [0.2, 0.25) is 5.88 Å². The lowest BCUT2D eigenvalue weighted by Gasteiger charge is -2.20. The van der Waals surface area contributed by atoms with Crippen LogP contribution in [0.15, 0.2) is 18.2 Å². The highest BCUT2D eigenvalue weighted by molar-refractivity contribution is 6.29. The lowest BCUT2D eigenvalue weighted by atomic mass is 10.1. The van der Waals surface area contributed by atoms with Crippen LogP contribution in [0.25, 0.3) is 0 Å². The zero-order valence-corrected chi connectivity index (χ0v) is 11.9. The highest BCUT2D eigenvalue weighted by atomic mass is 35.5. The topological polar surface area (TPSA) is 40.6 Å². The molecule has 4 nitrogen and oxygen atoms in total. The molecule has 0 aromatic carbocycles. The summed E-state index contributed by atoms with van der Waals surface area (Å²) in [5.41, 5.74) is 0. The number of ether oxygens (including phenoxy) is 3. The van der Waals surface area contributed by atoms with Gasteiger partial charge in [-0.1, -0.05) is 17.7 Å². The van der Waals surface area contributed by atoms with Crippen LogP contribution in [0.5, 0.6) is 5.88 Å². The third kappa shape index (κ3) is 3.02. The largest absolute Gasteiger partial charge is 0.477 e. The molecule has 2 fully saturated rings. The lowest BCUT2D eigenvalue weighted by Crippen LogP contribution is -2.24. The molecule has 19 heavy (non-hydrogen) atoms. The zero-order chi connectivity index (χ0) is 13.5. The molecule has 1 aromatic heterocycles. The molecule has 1 saturated heterocycles. The summed E-state index contributed by atoms with van der Waals surface area (Å²) < 4.78 is 17.4. The number of rotatable bonds is 3. The molecule has 3 atom stereocenters. The summed E-state index contributed by atoms with van der Waals surface area (Å²) in [6.45, 7) is 4.56. The van der Waals surface area contributed by atoms with Gasteiger partial charge in [0.25, 0.3) is 0 Å². The third-order valence-corrected chi connectivity index (χ3v) is 3.78. The minimum absolute atomic E-state index is 0.205. The zero-order valence-electron chi connectivity index (χ0n) is 11.1. The van der Waals surface area contributed by atoms with Gasteiger partial charge in [-0.15, -0.1) is 0 Å². The first-order chi connectivity index (χ1) is 9.02. The number of aromatic nitrogens is 1. The van der Waals surface area contributed by atoms with Gasteiger partial charge >= 0.3 is 0 Å². The van der Waals surface area contributed by atoms with Gasteiger partial charge < -0.3 is 14.2 Å². The van der Waals surface area contributed by atoms with Crippen LogP contribution in [0, 0.1) is 5.92 Å². The fourth-order valence-electron chi connectivity index (χ4n) is 2.87. The van der Waals surface area contributed by atoms with E-state index in [1.165, 1.54) is 0 Å². The van der Waals surface area contributed by atoms with Gasteiger partial charge in [-0.2, -0.15) is 0 Å². The van der Waals surface area contributed by atoms with E-state index in [0.717, 1.165) is 12.8 Å². The summed E-state index contributed by atoms with van der Waals surface area (Å²) in [5, 5.41) is 0.453. The van der Waals surface area contributed by atoms with Gasteiger partial charge in [0.05, 0.1) is 18.8 Å². The van der Waals surface area contributed by atoms with Gasteiger partial charge in [0.1, 0.15) is 5.15 Å². The quantitative estimate of drug-likeness (QED) is 0.800. The van der Waals surface area contributed by atoms with Crippen molar-refractivity contribution in [3.05, 3.63) is 23.4 Å². The first-order valence-electron chi connectivity index (χ1n) is 6.63. The molecule has 1 aliphatic heterocycles. The Morgan fingerprint density at radius 1 is 1.32 bits per heavy atom. The van der Waals surface area contributed by atoms with Crippen molar-refractivity contribution in [3.63, 3.8) is 0 Å². The number of halogens is 1. The van der Waals surface area contributed by atoms with Gasteiger partial charge in [0.15, 0.2) is 5.79 Å². The summed E-state index contributed by atoms with van der Waals surface area (Å²) in [7, 11) is 0. The molecular weight excluding hydrogens is 266 g/mol. The summed E-state index contributed by atoms with van der Waals surface area (Å²) in [6, 6.07) is 5.39. The molecule has 0 radical (unpaired) electrons. The average Bonchev–Trinajstić information content (AvgIpc) is 2.79. The van der Waals surface area contributed by atoms with Crippen LogP contribution in [0.1, 0.15) is 26.7 Å². The lowest BCUT2D eigenvalue weighted by molar-refractivity contribution is -0.154. The molecule has 1 saturated carbocycles. The van der Waals surface area contributed by atoms with E-state index in [1.807, 2.05) is 26.0 Å². The van der Waals surface area contributed by atoms with Crippen LogP contribution in [-0.2, 0) is 9.47 Å². The molecule has 0 spiro atoms. The van der Waals surface area contributed by atoms with Crippen LogP contribution >= 0.6 is 11.6 Å². The fraction of sp³-hybridized carbons (Fsp3) is 0.643. The van der Waals surface area contributed by atoms with E-state index in [0.29, 0.717) is 23.6 Å². The van der Waals surface area contributed by atoms with Crippen molar-refractivity contribution in [2.24, 2.45) is 5.92 Å². The van der Waals surface area contributed by atoms with Crippen LogP contribution in [0.3, 0.4) is 0 Å². The summed E-state index contributed by atoms with van der Waals surface area (Å²) in [4.78, 5) is 4.11. The maximum absolute atomic E-state index is 5.86. The summed E-state index contributed by atoms with van der Waals surface area (Å²) >= 11 is 5.82. The fourth-order valence-corrected chi connectivity index (χ4v) is 3.03. The maximum Gasteiger partial charge on any atom is 0.214 e. The molecule has 0 bridgehead atoms. The third-order valence-electron chi connectivity index (χ3n) is 3.57. The monoisotopic (exact) mass is 283 g/mol. The molecule has 2 aliphatic rings. The van der Waals surface area contributed by atoms with Gasteiger partial charge in [0, 0.05) is 6.07 Å². The highest BCUT2D eigenvalue weighted by Gasteiger charge is 2.47. The molecular formula is C14H18ClNO3. The molecule has 0 unspecified atom stereocenters. The van der Waals surface area contributed by atoms with E-state index in [4.69, 9.17) is 25.8 Å². The van der Waals surface area contributed by atoms with Gasteiger partial charge in [-0.05, 0) is 38.7 Å². The first kappa shape index (κ1) is 13.2. The normalized spacial score (nSPS) is 32.3. The highest BCUT2D eigenvalue weighted by Crippen LogP contribution is 2.40. The molecule has 5 heteroatoms. The second kappa shape index (κ2) is 4.93. The Kier molecular flexibility index (Phi) is 3.41. The van der Waals surface area contributed by atoms with E-state index in [9.17, 15) is 0 Å². The van der Waals surface area contributed by atoms with Crippen molar-refractivity contribution in [1.82, 2.24) is 4.98 Å². The second-order valence-corrected chi connectivity index (χ2v) is 6.05. The second-order valence-electron chi connectivity index (χ2n) is 5.66. The van der Waals surface area contributed by atoms with Crippen LogP contribution in [0.4, 0.5) is 0 Å². The van der Waals surface area contributed by atoms with Crippen molar-refractivity contribution in [1.29, 1.82) is 0 Å². The Bertz CT molecular complexity index is 450. The van der Waals surface area contributed by atoms with E-state index >= 15 is 0 Å². The number of nitrogens with zero attached hydrogens (tertiary/aromatic N) is 1. The van der Waals surface area contributed by atoms with Crippen LogP contribution in [-0.4, -0.2) is 29.6 Å². The maximum atomic E-state index is 5.86. The van der Waals surface area contributed by atoms with Crippen molar-refractivity contribution in [2.75, 3.05) is 6.61 Å². The predicted octanol–water partition coefficient (Wildman–Crippen LogP) is 3.04. The van der Waals surface area contributed by atoms with Gasteiger partial charge in [-0.25, -0.2) is 4.98 Å². The Morgan fingerprint density at radius 2 is 2.00 bits per heavy atom. The van der Waals surface area contributed by atoms with Crippen molar-refractivity contribution >= 4 is 11.6 Å². The Morgan fingerprint density at radius 3 is 2.63 bits per heavy atom. The SMILES string of the molecule is CC1(C)O[C@H]2C[C@@H](COc3cccc(Cl)n3)C[C@H]2O1. The van der Waals surface area contributed by atoms with Crippen molar-refractivity contribution in [3.8, 4) is 5.88 Å².